The summed E-state index contributed by atoms with van der Waals surface area (Å²) in [6, 6.07) is 9.07. The predicted octanol–water partition coefficient (Wildman–Crippen LogP) is 4.90. The van der Waals surface area contributed by atoms with Crippen LogP contribution in [0.2, 0.25) is 0 Å². The van der Waals surface area contributed by atoms with Gasteiger partial charge in [-0.1, -0.05) is 12.1 Å². The van der Waals surface area contributed by atoms with Crippen LogP contribution in [-0.4, -0.2) is 37.6 Å². The zero-order chi connectivity index (χ0) is 24.8. The summed E-state index contributed by atoms with van der Waals surface area (Å²) in [5.74, 6) is 1.38. The van der Waals surface area contributed by atoms with Crippen LogP contribution in [0.4, 0.5) is 5.69 Å². The van der Waals surface area contributed by atoms with Crippen molar-refractivity contribution >= 4 is 17.5 Å². The highest BCUT2D eigenvalue weighted by atomic mass is 16.2. The molecule has 6 rings (SSSR count). The van der Waals surface area contributed by atoms with Gasteiger partial charge in [0.25, 0.3) is 5.91 Å². The Kier molecular flexibility index (Phi) is 5.90. The van der Waals surface area contributed by atoms with Crippen molar-refractivity contribution in [3.05, 3.63) is 54.2 Å². The number of rotatable bonds is 10. The first-order valence-corrected chi connectivity index (χ1v) is 13.3. The summed E-state index contributed by atoms with van der Waals surface area (Å²) in [5.41, 5.74) is 4.44. The fraction of sp³-hybridized carbons (Fsp3) is 0.500. The quantitative estimate of drug-likeness (QED) is 0.379. The van der Waals surface area contributed by atoms with E-state index in [2.05, 4.69) is 25.7 Å². The number of benzene rings is 1. The molecule has 3 aliphatic rings. The Morgan fingerprint density at radius 3 is 2.31 bits per heavy atom. The molecule has 188 valence electrons. The van der Waals surface area contributed by atoms with Crippen molar-refractivity contribution < 1.29 is 9.59 Å². The van der Waals surface area contributed by atoms with Crippen molar-refractivity contribution in [1.29, 1.82) is 0 Å². The van der Waals surface area contributed by atoms with Crippen molar-refractivity contribution in [3.8, 4) is 11.3 Å². The van der Waals surface area contributed by atoms with Gasteiger partial charge in [-0.05, 0) is 88.3 Å². The van der Waals surface area contributed by atoms with Crippen molar-refractivity contribution in [1.82, 2.24) is 25.1 Å². The molecule has 3 aliphatic carbocycles. The van der Waals surface area contributed by atoms with Crippen LogP contribution in [0.3, 0.4) is 0 Å². The molecule has 0 spiro atoms. The Labute approximate surface area is 211 Å². The lowest BCUT2D eigenvalue weighted by atomic mass is 9.88. The number of carbonyl (C=O) groups is 2. The Morgan fingerprint density at radius 2 is 1.69 bits per heavy atom. The number of nitrogens with one attached hydrogen (secondary N) is 3. The first kappa shape index (κ1) is 23.0. The van der Waals surface area contributed by atoms with Crippen molar-refractivity contribution in [2.75, 3.05) is 5.32 Å². The van der Waals surface area contributed by atoms with Gasteiger partial charge in [0.05, 0.1) is 12.0 Å². The van der Waals surface area contributed by atoms with Crippen LogP contribution in [0.25, 0.3) is 11.3 Å². The minimum Gasteiger partial charge on any atom is -0.348 e. The monoisotopic (exact) mass is 486 g/mol. The molecule has 1 aromatic carbocycles. The molecular formula is C28H34N6O2. The van der Waals surface area contributed by atoms with E-state index in [9.17, 15) is 9.59 Å². The number of anilines is 1. The lowest BCUT2D eigenvalue weighted by Gasteiger charge is -2.27. The minimum absolute atomic E-state index is 0.0594. The summed E-state index contributed by atoms with van der Waals surface area (Å²) in [6.07, 6.45) is 10.3. The zero-order valence-electron chi connectivity index (χ0n) is 20.9. The number of aromatic amines is 1. The smallest absolute Gasteiger partial charge is 0.270 e. The van der Waals surface area contributed by atoms with Crippen LogP contribution in [0.15, 0.2) is 42.9 Å². The Balaban J connectivity index is 1.21. The summed E-state index contributed by atoms with van der Waals surface area (Å²) in [7, 11) is 0. The molecule has 0 radical (unpaired) electrons. The Morgan fingerprint density at radius 1 is 1.00 bits per heavy atom. The highest BCUT2D eigenvalue weighted by Gasteiger charge is 2.48. The molecule has 0 bridgehead atoms. The highest BCUT2D eigenvalue weighted by molar-refractivity contribution is 6.01. The Hall–Kier alpha value is -3.42. The first-order chi connectivity index (χ1) is 17.5. The number of nitrogens with zero attached hydrogens (tertiary/aromatic N) is 3. The zero-order valence-corrected chi connectivity index (χ0v) is 20.9. The van der Waals surface area contributed by atoms with E-state index in [4.69, 9.17) is 0 Å². The molecule has 2 amide bonds. The molecule has 3 saturated carbocycles. The number of aromatic nitrogens is 4. The van der Waals surface area contributed by atoms with Gasteiger partial charge in [0.15, 0.2) is 0 Å². The number of imidazole rings is 1. The van der Waals surface area contributed by atoms with Crippen molar-refractivity contribution in [3.63, 3.8) is 0 Å². The van der Waals surface area contributed by atoms with Crippen LogP contribution < -0.4 is 10.6 Å². The lowest BCUT2D eigenvalue weighted by molar-refractivity contribution is -0.119. The third kappa shape index (κ3) is 4.68. The molecule has 3 fully saturated rings. The van der Waals surface area contributed by atoms with E-state index in [1.165, 1.54) is 18.5 Å². The number of hydrogen-bond donors (Lipinski definition) is 3. The molecule has 0 aliphatic heterocycles. The lowest BCUT2D eigenvalue weighted by Crippen LogP contribution is -2.50. The van der Waals surface area contributed by atoms with Crippen LogP contribution in [0.1, 0.15) is 80.5 Å². The Bertz CT molecular complexity index is 1240. The molecular weight excluding hydrogens is 452 g/mol. The fourth-order valence-electron chi connectivity index (χ4n) is 5.50. The second kappa shape index (κ2) is 9.22. The van der Waals surface area contributed by atoms with E-state index in [1.807, 2.05) is 38.1 Å². The third-order valence-corrected chi connectivity index (χ3v) is 7.76. The van der Waals surface area contributed by atoms with E-state index < -0.39 is 6.04 Å². The molecule has 36 heavy (non-hydrogen) atoms. The van der Waals surface area contributed by atoms with Gasteiger partial charge in [-0.3, -0.25) is 14.3 Å². The minimum atomic E-state index is -0.569. The van der Waals surface area contributed by atoms with Gasteiger partial charge < -0.3 is 15.6 Å². The molecule has 0 saturated heterocycles. The van der Waals surface area contributed by atoms with Crippen LogP contribution in [0.5, 0.6) is 0 Å². The second-order valence-electron chi connectivity index (χ2n) is 11.0. The summed E-state index contributed by atoms with van der Waals surface area (Å²) in [4.78, 5) is 34.7. The van der Waals surface area contributed by atoms with Crippen LogP contribution >= 0.6 is 0 Å². The van der Waals surface area contributed by atoms with E-state index in [1.54, 1.807) is 23.3 Å². The van der Waals surface area contributed by atoms with Gasteiger partial charge in [-0.15, -0.1) is 0 Å². The van der Waals surface area contributed by atoms with E-state index in [0.717, 1.165) is 42.6 Å². The fourth-order valence-corrected chi connectivity index (χ4v) is 5.50. The van der Waals surface area contributed by atoms with Crippen molar-refractivity contribution in [2.45, 2.75) is 70.4 Å². The SMILES string of the molecule is CC(C)n1nccc1C(=O)NC(C(=O)Nc1ccc(-c2nc[nH]c2C2CC2)cc1)C(C1CC1)C1CC1. The average Bonchev–Trinajstić information content (AvgIpc) is 3.81. The topological polar surface area (TPSA) is 105 Å². The van der Waals surface area contributed by atoms with E-state index in [-0.39, 0.29) is 23.8 Å². The number of hydrogen-bond acceptors (Lipinski definition) is 4. The number of H-pyrrole nitrogens is 1. The summed E-state index contributed by atoms with van der Waals surface area (Å²) >= 11 is 0. The van der Waals surface area contributed by atoms with Crippen LogP contribution in [-0.2, 0) is 4.79 Å². The van der Waals surface area contributed by atoms with Gasteiger partial charge in [0.2, 0.25) is 5.91 Å². The number of amides is 2. The largest absolute Gasteiger partial charge is 0.348 e. The molecule has 3 N–H and O–H groups in total. The maximum atomic E-state index is 13.6. The normalized spacial score (nSPS) is 18.4. The van der Waals surface area contributed by atoms with Crippen LogP contribution in [0, 0.1) is 17.8 Å². The molecule has 2 heterocycles. The standard InChI is InChI=1S/C28H34N6O2/c1-16(2)34-22(13-14-31-34)27(35)33-26(23(17-3-4-17)18-5-6-18)28(36)32-21-11-9-20(10-12-21)25-24(19-7-8-19)29-15-30-25/h9-19,23,26H,3-8H2,1-2H3,(H,29,30)(H,32,36)(H,33,35). The second-order valence-corrected chi connectivity index (χ2v) is 11.0. The summed E-state index contributed by atoms with van der Waals surface area (Å²) < 4.78 is 1.71. The maximum Gasteiger partial charge on any atom is 0.270 e. The average molecular weight is 487 g/mol. The van der Waals surface area contributed by atoms with E-state index >= 15 is 0 Å². The summed E-state index contributed by atoms with van der Waals surface area (Å²) in [5, 5.41) is 10.5. The highest BCUT2D eigenvalue weighted by Crippen LogP contribution is 2.51. The molecule has 8 heteroatoms. The summed E-state index contributed by atoms with van der Waals surface area (Å²) in [6.45, 7) is 3.98. The predicted molar refractivity (Wildman–Crippen MR) is 137 cm³/mol. The van der Waals surface area contributed by atoms with Gasteiger partial charge in [-0.2, -0.15) is 5.10 Å². The van der Waals surface area contributed by atoms with E-state index in [0.29, 0.717) is 23.4 Å². The molecule has 1 atom stereocenters. The molecule has 8 nitrogen and oxygen atoms in total. The number of carbonyl (C=O) groups excluding carboxylic acids is 2. The molecule has 2 aromatic heterocycles. The molecule has 3 aromatic rings. The first-order valence-electron chi connectivity index (χ1n) is 13.3. The van der Waals surface area contributed by atoms with Crippen molar-refractivity contribution in [2.24, 2.45) is 17.8 Å². The van der Waals surface area contributed by atoms with Gasteiger partial charge in [0, 0.05) is 35.1 Å². The van der Waals surface area contributed by atoms with Gasteiger partial charge >= 0.3 is 0 Å². The molecule has 1 unspecified atom stereocenters. The maximum absolute atomic E-state index is 13.6. The van der Waals surface area contributed by atoms with Gasteiger partial charge in [0.1, 0.15) is 11.7 Å². The van der Waals surface area contributed by atoms with Gasteiger partial charge in [-0.25, -0.2) is 4.98 Å². The third-order valence-electron chi connectivity index (χ3n) is 7.76.